The monoisotopic (exact) mass is 208 g/mol. The summed E-state index contributed by atoms with van der Waals surface area (Å²) in [6.07, 6.45) is 0. The highest BCUT2D eigenvalue weighted by atomic mass is 16.5. The predicted octanol–water partition coefficient (Wildman–Crippen LogP) is 1.67. The summed E-state index contributed by atoms with van der Waals surface area (Å²) in [7, 11) is 0. The van der Waals surface area contributed by atoms with Gasteiger partial charge in [0.05, 0.1) is 11.4 Å². The molecule has 0 radical (unpaired) electrons. The van der Waals surface area contributed by atoms with Crippen LogP contribution in [0.25, 0.3) is 0 Å². The molecule has 0 spiro atoms. The third-order valence-electron chi connectivity index (χ3n) is 1.94. The van der Waals surface area contributed by atoms with Crippen molar-refractivity contribution in [2.45, 2.75) is 20.8 Å². The quantitative estimate of drug-likeness (QED) is 0.819. The van der Waals surface area contributed by atoms with E-state index in [0.29, 0.717) is 6.61 Å². The molecule has 0 unspecified atom stereocenters. The van der Waals surface area contributed by atoms with Crippen molar-refractivity contribution in [1.29, 1.82) is 0 Å². The number of nitrogens with zero attached hydrogens (tertiary/aromatic N) is 1. The number of carbonyl (C=O) groups excluding carboxylic acids is 1. The maximum Gasteiger partial charge on any atom is 0.250 e. The van der Waals surface area contributed by atoms with Crippen molar-refractivity contribution in [2.75, 3.05) is 18.5 Å². The normalized spacial score (nSPS) is 10.1. The molecule has 1 N–H and O–H groups in total. The van der Waals surface area contributed by atoms with Crippen LogP contribution in [0, 0.1) is 13.8 Å². The van der Waals surface area contributed by atoms with E-state index in [9.17, 15) is 4.79 Å². The summed E-state index contributed by atoms with van der Waals surface area (Å²) in [4.78, 5) is 15.6. The van der Waals surface area contributed by atoms with Gasteiger partial charge in [-0.15, -0.1) is 0 Å². The van der Waals surface area contributed by atoms with Crippen LogP contribution in [-0.2, 0) is 9.53 Å². The van der Waals surface area contributed by atoms with Crippen LogP contribution in [0.15, 0.2) is 12.1 Å². The summed E-state index contributed by atoms with van der Waals surface area (Å²) in [5.41, 5.74) is 2.50. The van der Waals surface area contributed by atoms with Crippen molar-refractivity contribution in [3.8, 4) is 0 Å². The molecule has 1 heterocycles. The van der Waals surface area contributed by atoms with Crippen LogP contribution in [0.1, 0.15) is 18.3 Å². The van der Waals surface area contributed by atoms with Gasteiger partial charge in [0.2, 0.25) is 5.91 Å². The van der Waals surface area contributed by atoms with Gasteiger partial charge in [-0.25, -0.2) is 0 Å². The standard InChI is InChI=1S/C11H16N2O2/c1-4-15-7-11(14)13-10-6-5-8(2)12-9(10)3/h5-6H,4,7H2,1-3H3,(H,13,14). The number of carbonyl (C=O) groups is 1. The molecule has 1 rings (SSSR count). The lowest BCUT2D eigenvalue weighted by Crippen LogP contribution is -2.19. The zero-order valence-electron chi connectivity index (χ0n) is 9.33. The third kappa shape index (κ3) is 3.67. The number of nitrogens with one attached hydrogen (secondary N) is 1. The predicted molar refractivity (Wildman–Crippen MR) is 58.8 cm³/mol. The molecule has 0 fully saturated rings. The van der Waals surface area contributed by atoms with Crippen LogP contribution in [0.4, 0.5) is 5.69 Å². The Morgan fingerprint density at radius 3 is 2.80 bits per heavy atom. The maximum absolute atomic E-state index is 11.3. The minimum absolute atomic E-state index is 0.0871. The van der Waals surface area contributed by atoms with E-state index in [2.05, 4.69) is 10.3 Å². The fraction of sp³-hybridized carbons (Fsp3) is 0.455. The fourth-order valence-electron chi connectivity index (χ4n) is 1.20. The highest BCUT2D eigenvalue weighted by Crippen LogP contribution is 2.12. The molecule has 0 aromatic carbocycles. The van der Waals surface area contributed by atoms with Gasteiger partial charge in [0.25, 0.3) is 0 Å². The SMILES string of the molecule is CCOCC(=O)Nc1ccc(C)nc1C. The van der Waals surface area contributed by atoms with E-state index >= 15 is 0 Å². The Bertz CT molecular complexity index is 350. The molecule has 0 saturated carbocycles. The summed E-state index contributed by atoms with van der Waals surface area (Å²) < 4.78 is 5.00. The van der Waals surface area contributed by atoms with E-state index in [4.69, 9.17) is 4.74 Å². The van der Waals surface area contributed by atoms with Gasteiger partial charge in [-0.05, 0) is 32.9 Å². The van der Waals surface area contributed by atoms with Crippen molar-refractivity contribution >= 4 is 11.6 Å². The molecule has 82 valence electrons. The number of ether oxygens (including phenoxy) is 1. The number of hydrogen-bond acceptors (Lipinski definition) is 3. The van der Waals surface area contributed by atoms with E-state index in [1.54, 1.807) is 0 Å². The van der Waals surface area contributed by atoms with Gasteiger partial charge in [0, 0.05) is 12.3 Å². The molecule has 0 aliphatic carbocycles. The Hall–Kier alpha value is -1.42. The molecule has 0 bridgehead atoms. The molecule has 0 aliphatic rings. The van der Waals surface area contributed by atoms with Crippen LogP contribution in [-0.4, -0.2) is 24.1 Å². The Morgan fingerprint density at radius 1 is 1.47 bits per heavy atom. The first-order valence-electron chi connectivity index (χ1n) is 4.95. The van der Waals surface area contributed by atoms with Crippen LogP contribution >= 0.6 is 0 Å². The second kappa shape index (κ2) is 5.46. The van der Waals surface area contributed by atoms with Crippen LogP contribution in [0.3, 0.4) is 0 Å². The number of rotatable bonds is 4. The lowest BCUT2D eigenvalue weighted by atomic mass is 10.3. The first kappa shape index (κ1) is 11.7. The van der Waals surface area contributed by atoms with Gasteiger partial charge in [-0.1, -0.05) is 0 Å². The fourth-order valence-corrected chi connectivity index (χ4v) is 1.20. The molecule has 1 aromatic heterocycles. The highest BCUT2D eigenvalue weighted by molar-refractivity contribution is 5.92. The molecule has 0 atom stereocenters. The number of pyridine rings is 1. The Labute approximate surface area is 89.7 Å². The highest BCUT2D eigenvalue weighted by Gasteiger charge is 2.04. The summed E-state index contributed by atoms with van der Waals surface area (Å²) in [5, 5.41) is 2.75. The first-order valence-corrected chi connectivity index (χ1v) is 4.95. The smallest absolute Gasteiger partial charge is 0.250 e. The number of amides is 1. The topological polar surface area (TPSA) is 51.2 Å². The van der Waals surface area contributed by atoms with Crippen molar-refractivity contribution < 1.29 is 9.53 Å². The average molecular weight is 208 g/mol. The van der Waals surface area contributed by atoms with E-state index in [1.807, 2.05) is 32.9 Å². The van der Waals surface area contributed by atoms with Gasteiger partial charge in [-0.2, -0.15) is 0 Å². The van der Waals surface area contributed by atoms with Gasteiger partial charge >= 0.3 is 0 Å². The van der Waals surface area contributed by atoms with Crippen molar-refractivity contribution in [3.05, 3.63) is 23.5 Å². The zero-order chi connectivity index (χ0) is 11.3. The molecule has 0 saturated heterocycles. The Balaban J connectivity index is 2.60. The van der Waals surface area contributed by atoms with E-state index < -0.39 is 0 Å². The molecular formula is C11H16N2O2. The van der Waals surface area contributed by atoms with E-state index in [0.717, 1.165) is 17.1 Å². The van der Waals surface area contributed by atoms with E-state index in [1.165, 1.54) is 0 Å². The third-order valence-corrected chi connectivity index (χ3v) is 1.94. The van der Waals surface area contributed by atoms with Crippen molar-refractivity contribution in [3.63, 3.8) is 0 Å². The molecule has 15 heavy (non-hydrogen) atoms. The first-order chi connectivity index (χ1) is 7.13. The average Bonchev–Trinajstić information content (AvgIpc) is 2.19. The minimum Gasteiger partial charge on any atom is -0.372 e. The molecule has 4 nitrogen and oxygen atoms in total. The summed E-state index contributed by atoms with van der Waals surface area (Å²) in [5.74, 6) is -0.148. The van der Waals surface area contributed by atoms with Gasteiger partial charge in [0.1, 0.15) is 6.61 Å². The van der Waals surface area contributed by atoms with Crippen LogP contribution in [0.2, 0.25) is 0 Å². The van der Waals surface area contributed by atoms with Crippen molar-refractivity contribution in [2.24, 2.45) is 0 Å². The number of aryl methyl sites for hydroxylation is 2. The van der Waals surface area contributed by atoms with Gasteiger partial charge < -0.3 is 10.1 Å². The number of hydrogen-bond donors (Lipinski definition) is 1. The largest absolute Gasteiger partial charge is 0.372 e. The van der Waals surface area contributed by atoms with Crippen LogP contribution < -0.4 is 5.32 Å². The Morgan fingerprint density at radius 2 is 2.20 bits per heavy atom. The summed E-state index contributed by atoms with van der Waals surface area (Å²) in [6, 6.07) is 3.71. The Kier molecular flexibility index (Phi) is 4.24. The summed E-state index contributed by atoms with van der Waals surface area (Å²) in [6.45, 7) is 6.26. The minimum atomic E-state index is -0.148. The lowest BCUT2D eigenvalue weighted by Gasteiger charge is -2.08. The molecule has 1 amide bonds. The zero-order valence-corrected chi connectivity index (χ0v) is 9.33. The maximum atomic E-state index is 11.3. The van der Waals surface area contributed by atoms with Gasteiger partial charge in [-0.3, -0.25) is 9.78 Å². The number of aromatic nitrogens is 1. The molecule has 0 aliphatic heterocycles. The lowest BCUT2D eigenvalue weighted by molar-refractivity contribution is -0.120. The molecule has 4 heteroatoms. The second-order valence-electron chi connectivity index (χ2n) is 3.27. The van der Waals surface area contributed by atoms with E-state index in [-0.39, 0.29) is 12.5 Å². The number of anilines is 1. The van der Waals surface area contributed by atoms with Crippen molar-refractivity contribution in [1.82, 2.24) is 4.98 Å². The summed E-state index contributed by atoms with van der Waals surface area (Å²) >= 11 is 0. The molecule has 1 aromatic rings. The second-order valence-corrected chi connectivity index (χ2v) is 3.27. The molecular weight excluding hydrogens is 192 g/mol. The van der Waals surface area contributed by atoms with Crippen LogP contribution in [0.5, 0.6) is 0 Å². The van der Waals surface area contributed by atoms with Gasteiger partial charge in [0.15, 0.2) is 0 Å².